The van der Waals surface area contributed by atoms with E-state index in [0.29, 0.717) is 0 Å². The zero-order chi connectivity index (χ0) is 16.9. The molecule has 0 aliphatic rings. The van der Waals surface area contributed by atoms with Gasteiger partial charge in [-0.15, -0.1) is 0 Å². The summed E-state index contributed by atoms with van der Waals surface area (Å²) >= 11 is 3.22. The van der Waals surface area contributed by atoms with Crippen LogP contribution in [-0.2, 0) is 19.6 Å². The Morgan fingerprint density at radius 2 is 1.64 bits per heavy atom. The van der Waals surface area contributed by atoms with Gasteiger partial charge < -0.3 is 0 Å². The zero-order valence-corrected chi connectivity index (χ0v) is 14.8. The summed E-state index contributed by atoms with van der Waals surface area (Å²) < 4.78 is 27.7. The number of halogens is 1. The minimum Gasteiger partial charge on any atom is -0.274 e. The number of hydrogen-bond donors (Lipinski definition) is 3. The van der Waals surface area contributed by atoms with E-state index in [2.05, 4.69) is 31.5 Å². The topological polar surface area (TPSA) is 104 Å². The normalized spacial score (nSPS) is 12.8. The molecule has 0 spiro atoms. The number of benzene rings is 1. The third kappa shape index (κ3) is 5.39. The molecule has 7 nitrogen and oxygen atoms in total. The first kappa shape index (κ1) is 18.6. The molecular weight excluding hydrogens is 374 g/mol. The molecule has 0 fully saturated rings. The van der Waals surface area contributed by atoms with Crippen LogP contribution in [0.15, 0.2) is 33.6 Å². The predicted octanol–water partition coefficient (Wildman–Crippen LogP) is 0.919. The van der Waals surface area contributed by atoms with Crippen LogP contribution in [0, 0.1) is 5.92 Å². The number of hydrazine groups is 1. The van der Waals surface area contributed by atoms with Crippen LogP contribution in [0.25, 0.3) is 0 Å². The first-order valence-corrected chi connectivity index (χ1v) is 8.75. The summed E-state index contributed by atoms with van der Waals surface area (Å²) in [5, 5.41) is 0. The van der Waals surface area contributed by atoms with Crippen LogP contribution in [0.5, 0.6) is 0 Å². The van der Waals surface area contributed by atoms with Crippen molar-refractivity contribution in [3.05, 3.63) is 28.7 Å². The average molecular weight is 392 g/mol. The van der Waals surface area contributed by atoms with E-state index in [1.165, 1.54) is 19.1 Å². The molecule has 0 radical (unpaired) electrons. The van der Waals surface area contributed by atoms with E-state index in [0.717, 1.165) is 4.47 Å². The van der Waals surface area contributed by atoms with Crippen LogP contribution >= 0.6 is 15.9 Å². The number of sulfonamides is 1. The Bertz CT molecular complexity index is 644. The van der Waals surface area contributed by atoms with E-state index in [9.17, 15) is 18.0 Å². The van der Waals surface area contributed by atoms with Crippen molar-refractivity contribution in [2.24, 2.45) is 5.92 Å². The molecule has 1 aromatic rings. The highest BCUT2D eigenvalue weighted by Crippen LogP contribution is 2.16. The lowest BCUT2D eigenvalue weighted by molar-refractivity contribution is -0.129. The number of rotatable bonds is 5. The van der Waals surface area contributed by atoms with Crippen molar-refractivity contribution in [2.75, 3.05) is 0 Å². The molecule has 0 aliphatic heterocycles. The Balaban J connectivity index is 2.92. The maximum Gasteiger partial charge on any atom is 0.256 e. The van der Waals surface area contributed by atoms with Gasteiger partial charge in [-0.05, 0) is 30.2 Å². The van der Waals surface area contributed by atoms with Crippen LogP contribution in [0.2, 0.25) is 0 Å². The van der Waals surface area contributed by atoms with Crippen molar-refractivity contribution in [3.8, 4) is 0 Å². The Morgan fingerprint density at radius 3 is 2.09 bits per heavy atom. The van der Waals surface area contributed by atoms with Gasteiger partial charge in [0.05, 0.1) is 4.90 Å². The third-order valence-electron chi connectivity index (χ3n) is 2.72. The number of amides is 2. The first-order valence-electron chi connectivity index (χ1n) is 6.48. The molecule has 0 aliphatic carbocycles. The van der Waals surface area contributed by atoms with Gasteiger partial charge >= 0.3 is 0 Å². The van der Waals surface area contributed by atoms with Crippen LogP contribution in [-0.4, -0.2) is 26.3 Å². The molecule has 9 heteroatoms. The van der Waals surface area contributed by atoms with Crippen molar-refractivity contribution in [1.82, 2.24) is 15.6 Å². The molecule has 22 heavy (non-hydrogen) atoms. The van der Waals surface area contributed by atoms with Gasteiger partial charge in [-0.3, -0.25) is 20.4 Å². The molecule has 1 aromatic carbocycles. The molecule has 0 aromatic heterocycles. The molecule has 3 N–H and O–H groups in total. The molecule has 0 bridgehead atoms. The fraction of sp³-hybridized carbons (Fsp3) is 0.385. The van der Waals surface area contributed by atoms with E-state index in [-0.39, 0.29) is 10.8 Å². The lowest BCUT2D eigenvalue weighted by Crippen LogP contribution is -2.53. The summed E-state index contributed by atoms with van der Waals surface area (Å²) in [6, 6.07) is 5.03. The van der Waals surface area contributed by atoms with Gasteiger partial charge in [-0.25, -0.2) is 8.42 Å². The van der Waals surface area contributed by atoms with E-state index in [4.69, 9.17) is 0 Å². The summed E-state index contributed by atoms with van der Waals surface area (Å²) in [5.74, 6) is -1.39. The molecule has 0 saturated carbocycles. The minimum atomic E-state index is -3.85. The van der Waals surface area contributed by atoms with Gasteiger partial charge in [-0.1, -0.05) is 29.8 Å². The fourth-order valence-electron chi connectivity index (χ4n) is 1.57. The Kier molecular flexibility index (Phi) is 6.51. The Labute approximate surface area is 138 Å². The summed E-state index contributed by atoms with van der Waals surface area (Å²) in [7, 11) is -3.85. The molecule has 1 rings (SSSR count). The van der Waals surface area contributed by atoms with E-state index >= 15 is 0 Å². The molecule has 122 valence electrons. The number of carbonyl (C=O) groups is 2. The van der Waals surface area contributed by atoms with Crippen molar-refractivity contribution < 1.29 is 18.0 Å². The summed E-state index contributed by atoms with van der Waals surface area (Å²) in [5.41, 5.74) is 4.31. The minimum absolute atomic E-state index is 0.0497. The maximum absolute atomic E-state index is 12.3. The summed E-state index contributed by atoms with van der Waals surface area (Å²) in [6.45, 7) is 4.63. The lowest BCUT2D eigenvalue weighted by atomic mass is 10.1. The third-order valence-corrected chi connectivity index (χ3v) is 4.70. The van der Waals surface area contributed by atoms with Gasteiger partial charge in [0.15, 0.2) is 0 Å². The second-order valence-corrected chi connectivity index (χ2v) is 7.60. The quantitative estimate of drug-likeness (QED) is 0.648. The molecule has 2 amide bonds. The van der Waals surface area contributed by atoms with Gasteiger partial charge in [0.25, 0.3) is 5.91 Å². The van der Waals surface area contributed by atoms with Crippen molar-refractivity contribution in [1.29, 1.82) is 0 Å². The van der Waals surface area contributed by atoms with Crippen LogP contribution in [0.3, 0.4) is 0 Å². The van der Waals surface area contributed by atoms with Crippen LogP contribution < -0.4 is 15.6 Å². The maximum atomic E-state index is 12.3. The predicted molar refractivity (Wildman–Crippen MR) is 85.0 cm³/mol. The highest BCUT2D eigenvalue weighted by atomic mass is 79.9. The highest BCUT2D eigenvalue weighted by molar-refractivity contribution is 9.10. The van der Waals surface area contributed by atoms with Gasteiger partial charge in [-0.2, -0.15) is 4.72 Å². The lowest BCUT2D eigenvalue weighted by Gasteiger charge is -2.21. The second kappa shape index (κ2) is 7.70. The SMILES string of the molecule is CC(=O)NNC(=O)[C@@H](NS(=O)(=O)c1ccc(Br)cc1)C(C)C. The number of hydrogen-bond acceptors (Lipinski definition) is 4. The van der Waals surface area contributed by atoms with Crippen molar-refractivity contribution in [2.45, 2.75) is 31.7 Å². The van der Waals surface area contributed by atoms with Crippen LogP contribution in [0.1, 0.15) is 20.8 Å². The molecule has 0 saturated heterocycles. The standard InChI is InChI=1S/C13H18BrN3O4S/c1-8(2)12(13(19)16-15-9(3)18)17-22(20,21)11-6-4-10(14)5-7-11/h4-8,12,17H,1-3H3,(H,15,18)(H,16,19)/t12-/m0/s1. The highest BCUT2D eigenvalue weighted by Gasteiger charge is 2.28. The van der Waals surface area contributed by atoms with Gasteiger partial charge in [0.1, 0.15) is 6.04 Å². The van der Waals surface area contributed by atoms with E-state index < -0.39 is 27.9 Å². The first-order chi connectivity index (χ1) is 10.1. The van der Waals surface area contributed by atoms with Crippen molar-refractivity contribution >= 4 is 37.8 Å². The van der Waals surface area contributed by atoms with Gasteiger partial charge in [0, 0.05) is 11.4 Å². The summed E-state index contributed by atoms with van der Waals surface area (Å²) in [4.78, 5) is 22.9. The fourth-order valence-corrected chi connectivity index (χ4v) is 3.18. The largest absolute Gasteiger partial charge is 0.274 e. The smallest absolute Gasteiger partial charge is 0.256 e. The second-order valence-electron chi connectivity index (χ2n) is 4.97. The number of carbonyl (C=O) groups excluding carboxylic acids is 2. The summed E-state index contributed by atoms with van der Waals surface area (Å²) in [6.07, 6.45) is 0. The van der Waals surface area contributed by atoms with Gasteiger partial charge in [0.2, 0.25) is 15.9 Å². The van der Waals surface area contributed by atoms with Crippen molar-refractivity contribution in [3.63, 3.8) is 0 Å². The Hall–Kier alpha value is -1.45. The molecule has 1 atom stereocenters. The monoisotopic (exact) mass is 391 g/mol. The number of nitrogens with one attached hydrogen (secondary N) is 3. The molecular formula is C13H18BrN3O4S. The van der Waals surface area contributed by atoms with E-state index in [1.54, 1.807) is 26.0 Å². The van der Waals surface area contributed by atoms with E-state index in [1.807, 2.05) is 0 Å². The Morgan fingerprint density at radius 1 is 1.09 bits per heavy atom. The molecule has 0 unspecified atom stereocenters. The zero-order valence-electron chi connectivity index (χ0n) is 12.4. The molecule has 0 heterocycles. The average Bonchev–Trinajstić information content (AvgIpc) is 2.42. The van der Waals surface area contributed by atoms with Crippen LogP contribution in [0.4, 0.5) is 0 Å².